The first-order valence-corrected chi connectivity index (χ1v) is 9.39. The fraction of sp³-hybridized carbons (Fsp3) is 0.533. The van der Waals surface area contributed by atoms with Crippen LogP contribution in [0.3, 0.4) is 0 Å². The van der Waals surface area contributed by atoms with E-state index in [4.69, 9.17) is 0 Å². The smallest absolute Gasteiger partial charge is 0.273 e. The summed E-state index contributed by atoms with van der Waals surface area (Å²) in [5, 5.41) is 8.23. The third-order valence-electron chi connectivity index (χ3n) is 4.82. The summed E-state index contributed by atoms with van der Waals surface area (Å²) in [6.07, 6.45) is 5.25. The predicted octanol–water partition coefficient (Wildman–Crippen LogP) is 2.38. The van der Waals surface area contributed by atoms with Crippen LogP contribution < -0.4 is 5.32 Å². The van der Waals surface area contributed by atoms with Crippen molar-refractivity contribution in [1.82, 2.24) is 20.2 Å². The van der Waals surface area contributed by atoms with Crippen LogP contribution in [0.25, 0.3) is 0 Å². The number of piperidine rings is 1. The lowest BCUT2D eigenvalue weighted by atomic mass is 9.93. The number of nitrogens with zero attached hydrogens (tertiary/aromatic N) is 3. The standard InChI is InChI=1S/C15H18N4OS2/c20-14(11-9-21-10-18-11)19(8-13-17-5-6-22-13)12-7-15(12)1-3-16-4-2-15/h5-6,9-10,12,16H,1-4,7-8H2. The maximum absolute atomic E-state index is 12.9. The number of thiazole rings is 2. The summed E-state index contributed by atoms with van der Waals surface area (Å²) < 4.78 is 0. The highest BCUT2D eigenvalue weighted by molar-refractivity contribution is 7.09. The molecule has 2 aromatic rings. The summed E-state index contributed by atoms with van der Waals surface area (Å²) in [5.41, 5.74) is 2.62. The number of rotatable bonds is 4. The lowest BCUT2D eigenvalue weighted by molar-refractivity contribution is 0.0687. The highest BCUT2D eigenvalue weighted by Gasteiger charge is 2.58. The number of hydrogen-bond acceptors (Lipinski definition) is 6. The number of hydrogen-bond donors (Lipinski definition) is 1. The van der Waals surface area contributed by atoms with Crippen LogP contribution in [0.15, 0.2) is 22.5 Å². The Bertz CT molecular complexity index is 635. The molecule has 2 fully saturated rings. The minimum Gasteiger partial charge on any atom is -0.327 e. The Morgan fingerprint density at radius 1 is 1.41 bits per heavy atom. The van der Waals surface area contributed by atoms with Crippen LogP contribution in [0.5, 0.6) is 0 Å². The van der Waals surface area contributed by atoms with Crippen molar-refractivity contribution in [1.29, 1.82) is 0 Å². The van der Waals surface area contributed by atoms with Crippen molar-refractivity contribution in [3.8, 4) is 0 Å². The van der Waals surface area contributed by atoms with E-state index < -0.39 is 0 Å². The van der Waals surface area contributed by atoms with Crippen molar-refractivity contribution in [2.75, 3.05) is 13.1 Å². The van der Waals surface area contributed by atoms with Gasteiger partial charge in [0.25, 0.3) is 5.91 Å². The van der Waals surface area contributed by atoms with Gasteiger partial charge >= 0.3 is 0 Å². The van der Waals surface area contributed by atoms with E-state index in [1.807, 2.05) is 15.7 Å². The Morgan fingerprint density at radius 3 is 2.95 bits per heavy atom. The van der Waals surface area contributed by atoms with Crippen LogP contribution in [0.1, 0.15) is 34.8 Å². The average Bonchev–Trinajstić information content (AvgIpc) is 3.02. The van der Waals surface area contributed by atoms with Gasteiger partial charge in [0.05, 0.1) is 12.1 Å². The molecule has 1 atom stereocenters. The molecule has 1 N–H and O–H groups in total. The number of aromatic nitrogens is 2. The maximum Gasteiger partial charge on any atom is 0.273 e. The largest absolute Gasteiger partial charge is 0.327 e. The first-order chi connectivity index (χ1) is 10.8. The van der Waals surface area contributed by atoms with E-state index in [2.05, 4.69) is 15.3 Å². The fourth-order valence-electron chi connectivity index (χ4n) is 3.49. The van der Waals surface area contributed by atoms with E-state index in [0.29, 0.717) is 23.7 Å². The van der Waals surface area contributed by atoms with Gasteiger partial charge in [0.2, 0.25) is 0 Å². The number of carbonyl (C=O) groups is 1. The topological polar surface area (TPSA) is 58.1 Å². The molecule has 4 rings (SSSR count). The first-order valence-electron chi connectivity index (χ1n) is 7.57. The zero-order valence-electron chi connectivity index (χ0n) is 12.2. The maximum atomic E-state index is 12.9. The first kappa shape index (κ1) is 14.3. The molecule has 0 bridgehead atoms. The Hall–Kier alpha value is -1.31. The van der Waals surface area contributed by atoms with Crippen molar-refractivity contribution >= 4 is 28.6 Å². The fourth-order valence-corrected chi connectivity index (χ4v) is 4.63. The quantitative estimate of drug-likeness (QED) is 0.933. The summed E-state index contributed by atoms with van der Waals surface area (Å²) in [6, 6.07) is 0.340. The van der Waals surface area contributed by atoms with Gasteiger partial charge in [-0.1, -0.05) is 0 Å². The third-order valence-corrected chi connectivity index (χ3v) is 6.17. The van der Waals surface area contributed by atoms with E-state index in [1.54, 1.807) is 23.0 Å². The molecule has 1 saturated heterocycles. The molecule has 0 aromatic carbocycles. The van der Waals surface area contributed by atoms with Gasteiger partial charge < -0.3 is 10.2 Å². The van der Waals surface area contributed by atoms with Crippen molar-refractivity contribution in [2.24, 2.45) is 5.41 Å². The van der Waals surface area contributed by atoms with Crippen LogP contribution >= 0.6 is 22.7 Å². The molecule has 5 nitrogen and oxygen atoms in total. The lowest BCUT2D eigenvalue weighted by Crippen LogP contribution is -2.39. The predicted molar refractivity (Wildman–Crippen MR) is 87.0 cm³/mol. The Kier molecular flexibility index (Phi) is 3.71. The molecule has 1 unspecified atom stereocenters. The molecule has 0 radical (unpaired) electrons. The number of nitrogens with one attached hydrogen (secondary N) is 1. The zero-order chi connectivity index (χ0) is 15.0. The second-order valence-electron chi connectivity index (χ2n) is 6.06. The molecular weight excluding hydrogens is 316 g/mol. The molecule has 1 saturated carbocycles. The highest BCUT2D eigenvalue weighted by Crippen LogP contribution is 2.56. The van der Waals surface area contributed by atoms with Gasteiger partial charge in [-0.3, -0.25) is 4.79 Å². The lowest BCUT2D eigenvalue weighted by Gasteiger charge is -2.28. The SMILES string of the molecule is O=C(c1cscn1)N(Cc1nccs1)C1CC12CCNCC2. The summed E-state index contributed by atoms with van der Waals surface area (Å²) in [5.74, 6) is 0.0526. The van der Waals surface area contributed by atoms with Gasteiger partial charge in [0.15, 0.2) is 0 Å². The van der Waals surface area contributed by atoms with E-state index >= 15 is 0 Å². The average molecular weight is 334 g/mol. The monoisotopic (exact) mass is 334 g/mol. The third kappa shape index (κ3) is 2.57. The summed E-state index contributed by atoms with van der Waals surface area (Å²) in [7, 11) is 0. The second kappa shape index (κ2) is 5.72. The molecule has 1 spiro atoms. The van der Waals surface area contributed by atoms with Crippen molar-refractivity contribution in [3.63, 3.8) is 0 Å². The van der Waals surface area contributed by atoms with E-state index in [1.165, 1.54) is 11.3 Å². The molecule has 1 aliphatic carbocycles. The highest BCUT2D eigenvalue weighted by atomic mass is 32.1. The van der Waals surface area contributed by atoms with Crippen LogP contribution in [0.2, 0.25) is 0 Å². The van der Waals surface area contributed by atoms with Crippen LogP contribution in [-0.2, 0) is 6.54 Å². The van der Waals surface area contributed by atoms with Crippen molar-refractivity contribution in [2.45, 2.75) is 31.8 Å². The Labute approximate surface area is 137 Å². The molecule has 2 aliphatic rings. The van der Waals surface area contributed by atoms with Crippen LogP contribution in [0, 0.1) is 5.41 Å². The minimum absolute atomic E-state index is 0.0526. The van der Waals surface area contributed by atoms with Crippen LogP contribution in [0.4, 0.5) is 0 Å². The number of carbonyl (C=O) groups excluding carboxylic acids is 1. The summed E-state index contributed by atoms with van der Waals surface area (Å²) in [6.45, 7) is 2.73. The van der Waals surface area contributed by atoms with Gasteiger partial charge in [0.1, 0.15) is 10.7 Å². The Balaban J connectivity index is 1.57. The molecule has 3 heterocycles. The molecule has 2 aromatic heterocycles. The van der Waals surface area contributed by atoms with Gasteiger partial charge in [-0.05, 0) is 37.8 Å². The second-order valence-corrected chi connectivity index (χ2v) is 7.76. The summed E-state index contributed by atoms with van der Waals surface area (Å²) >= 11 is 3.08. The molecule has 22 heavy (non-hydrogen) atoms. The van der Waals surface area contributed by atoms with Gasteiger partial charge in [-0.2, -0.15) is 0 Å². The molecule has 116 valence electrons. The molecule has 1 aliphatic heterocycles. The normalized spacial score (nSPS) is 22.6. The van der Waals surface area contributed by atoms with E-state index in [9.17, 15) is 4.79 Å². The molecule has 1 amide bonds. The van der Waals surface area contributed by atoms with Gasteiger partial charge in [0, 0.05) is 23.0 Å². The van der Waals surface area contributed by atoms with E-state index in [0.717, 1.165) is 37.4 Å². The molecule has 7 heteroatoms. The summed E-state index contributed by atoms with van der Waals surface area (Å²) in [4.78, 5) is 23.5. The van der Waals surface area contributed by atoms with Crippen LogP contribution in [-0.4, -0.2) is 39.9 Å². The van der Waals surface area contributed by atoms with Gasteiger partial charge in [-0.15, -0.1) is 22.7 Å². The van der Waals surface area contributed by atoms with Gasteiger partial charge in [-0.25, -0.2) is 9.97 Å². The molecular formula is C15H18N4OS2. The van der Waals surface area contributed by atoms with Crippen molar-refractivity contribution < 1.29 is 4.79 Å². The zero-order valence-corrected chi connectivity index (χ0v) is 13.8. The number of amides is 1. The van der Waals surface area contributed by atoms with Crippen molar-refractivity contribution in [3.05, 3.63) is 33.2 Å². The Morgan fingerprint density at radius 2 is 2.27 bits per heavy atom. The van der Waals surface area contributed by atoms with E-state index in [-0.39, 0.29) is 5.91 Å². The minimum atomic E-state index is 0.0526.